The molecule has 0 aliphatic carbocycles. The van der Waals surface area contributed by atoms with Gasteiger partial charge < -0.3 is 10.6 Å². The van der Waals surface area contributed by atoms with E-state index in [1.165, 1.54) is 12.8 Å². The van der Waals surface area contributed by atoms with Crippen LogP contribution in [0, 0.1) is 5.92 Å². The van der Waals surface area contributed by atoms with E-state index < -0.39 is 0 Å². The van der Waals surface area contributed by atoms with Crippen LogP contribution in [0.5, 0.6) is 0 Å². The highest BCUT2D eigenvalue weighted by atomic mass is 35.5. The Bertz CT molecular complexity index is 477. The highest BCUT2D eigenvalue weighted by molar-refractivity contribution is 6.30. The Morgan fingerprint density at radius 1 is 1.35 bits per heavy atom. The summed E-state index contributed by atoms with van der Waals surface area (Å²) < 4.78 is 0. The van der Waals surface area contributed by atoms with Crippen molar-refractivity contribution in [2.24, 2.45) is 5.92 Å². The van der Waals surface area contributed by atoms with Crippen LogP contribution in [0.3, 0.4) is 0 Å². The molecule has 0 bridgehead atoms. The number of nitrogens with one attached hydrogen (secondary N) is 2. The second kappa shape index (κ2) is 6.12. The molecule has 0 radical (unpaired) electrons. The summed E-state index contributed by atoms with van der Waals surface area (Å²) in [5, 5.41) is 7.05. The molecule has 0 saturated carbocycles. The topological polar surface area (TPSA) is 44.4 Å². The van der Waals surface area contributed by atoms with Crippen molar-refractivity contribution in [2.75, 3.05) is 31.5 Å². The molecule has 1 amide bonds. The number of piperidine rings is 1. The average Bonchev–Trinajstić information content (AvgIpc) is 2.91. The fourth-order valence-corrected chi connectivity index (χ4v) is 3.40. The van der Waals surface area contributed by atoms with Crippen LogP contribution in [0.4, 0.5) is 5.69 Å². The molecular formula is C15H20ClN3O. The van der Waals surface area contributed by atoms with Crippen LogP contribution >= 0.6 is 11.6 Å². The first-order chi connectivity index (χ1) is 9.72. The molecule has 0 spiro atoms. The van der Waals surface area contributed by atoms with Gasteiger partial charge in [0.1, 0.15) is 0 Å². The molecule has 3 rings (SSSR count). The van der Waals surface area contributed by atoms with Gasteiger partial charge in [-0.3, -0.25) is 9.69 Å². The zero-order valence-electron chi connectivity index (χ0n) is 11.4. The summed E-state index contributed by atoms with van der Waals surface area (Å²) in [5.41, 5.74) is 0.803. The standard InChI is InChI=1S/C15H20ClN3O/c16-12-3-5-13(6-4-12)18-15(20)10-19-7-1-2-11-8-17-9-14(11)19/h3-6,11,14,17H,1-2,7-10H2,(H,18,20). The minimum absolute atomic E-state index is 0.0554. The van der Waals surface area contributed by atoms with Gasteiger partial charge in [-0.15, -0.1) is 0 Å². The lowest BCUT2D eigenvalue weighted by Crippen LogP contribution is -2.48. The van der Waals surface area contributed by atoms with Gasteiger partial charge in [-0.1, -0.05) is 11.6 Å². The number of fused-ring (bicyclic) bond motifs is 1. The zero-order chi connectivity index (χ0) is 13.9. The maximum atomic E-state index is 12.1. The monoisotopic (exact) mass is 293 g/mol. The van der Waals surface area contributed by atoms with E-state index in [9.17, 15) is 4.79 Å². The molecule has 20 heavy (non-hydrogen) atoms. The number of nitrogens with zero attached hydrogens (tertiary/aromatic N) is 1. The fraction of sp³-hybridized carbons (Fsp3) is 0.533. The predicted octanol–water partition coefficient (Wildman–Crippen LogP) is 1.96. The van der Waals surface area contributed by atoms with Gasteiger partial charge in [-0.05, 0) is 56.1 Å². The van der Waals surface area contributed by atoms with E-state index in [0.717, 1.165) is 25.3 Å². The molecule has 2 atom stereocenters. The highest BCUT2D eigenvalue weighted by Gasteiger charge is 2.35. The third kappa shape index (κ3) is 3.14. The first kappa shape index (κ1) is 13.9. The SMILES string of the molecule is O=C(CN1CCCC2CNCC21)Nc1ccc(Cl)cc1. The van der Waals surface area contributed by atoms with Gasteiger partial charge in [-0.2, -0.15) is 0 Å². The second-order valence-corrected chi connectivity index (χ2v) is 6.09. The summed E-state index contributed by atoms with van der Waals surface area (Å²) in [5.74, 6) is 0.770. The quantitative estimate of drug-likeness (QED) is 0.895. The summed E-state index contributed by atoms with van der Waals surface area (Å²) in [7, 11) is 0. The highest BCUT2D eigenvalue weighted by Crippen LogP contribution is 2.26. The summed E-state index contributed by atoms with van der Waals surface area (Å²) in [6.45, 7) is 3.61. The van der Waals surface area contributed by atoms with Gasteiger partial charge >= 0.3 is 0 Å². The maximum Gasteiger partial charge on any atom is 0.238 e. The number of anilines is 1. The fourth-order valence-electron chi connectivity index (χ4n) is 3.28. The Balaban J connectivity index is 1.57. The largest absolute Gasteiger partial charge is 0.325 e. The van der Waals surface area contributed by atoms with Crippen LogP contribution < -0.4 is 10.6 Å². The first-order valence-electron chi connectivity index (χ1n) is 7.22. The predicted molar refractivity (Wildman–Crippen MR) is 81.0 cm³/mol. The minimum atomic E-state index is 0.0554. The lowest BCUT2D eigenvalue weighted by atomic mass is 9.92. The van der Waals surface area contributed by atoms with Crippen molar-refractivity contribution in [3.8, 4) is 0 Å². The van der Waals surface area contributed by atoms with E-state index in [2.05, 4.69) is 15.5 Å². The Morgan fingerprint density at radius 2 is 2.15 bits per heavy atom. The molecule has 2 aliphatic rings. The number of rotatable bonds is 3. The number of likely N-dealkylation sites (tertiary alicyclic amines) is 1. The number of hydrogen-bond donors (Lipinski definition) is 2. The Kier molecular flexibility index (Phi) is 4.24. The molecule has 2 heterocycles. The lowest BCUT2D eigenvalue weighted by Gasteiger charge is -2.36. The lowest BCUT2D eigenvalue weighted by molar-refractivity contribution is -0.118. The summed E-state index contributed by atoms with van der Waals surface area (Å²) in [6, 6.07) is 7.76. The van der Waals surface area contributed by atoms with Crippen LogP contribution in [0.15, 0.2) is 24.3 Å². The number of halogens is 1. The molecule has 2 aliphatic heterocycles. The van der Waals surface area contributed by atoms with E-state index in [4.69, 9.17) is 11.6 Å². The number of hydrogen-bond acceptors (Lipinski definition) is 3. The van der Waals surface area contributed by atoms with Crippen molar-refractivity contribution in [1.82, 2.24) is 10.2 Å². The Hall–Kier alpha value is -1.10. The van der Waals surface area contributed by atoms with Crippen LogP contribution in [-0.2, 0) is 4.79 Å². The van der Waals surface area contributed by atoms with E-state index in [0.29, 0.717) is 23.5 Å². The van der Waals surface area contributed by atoms with Gasteiger partial charge in [-0.25, -0.2) is 0 Å². The van der Waals surface area contributed by atoms with Crippen LogP contribution in [-0.4, -0.2) is 43.0 Å². The first-order valence-corrected chi connectivity index (χ1v) is 7.60. The Morgan fingerprint density at radius 3 is 2.95 bits per heavy atom. The van der Waals surface area contributed by atoms with Crippen molar-refractivity contribution in [2.45, 2.75) is 18.9 Å². The number of carbonyl (C=O) groups excluding carboxylic acids is 1. The molecule has 108 valence electrons. The van der Waals surface area contributed by atoms with Crippen molar-refractivity contribution < 1.29 is 4.79 Å². The number of benzene rings is 1. The molecule has 2 N–H and O–H groups in total. The molecule has 1 aromatic rings. The average molecular weight is 294 g/mol. The number of carbonyl (C=O) groups is 1. The van der Waals surface area contributed by atoms with Crippen molar-refractivity contribution in [3.05, 3.63) is 29.3 Å². The van der Waals surface area contributed by atoms with E-state index in [1.807, 2.05) is 12.1 Å². The summed E-state index contributed by atoms with van der Waals surface area (Å²) in [4.78, 5) is 14.5. The summed E-state index contributed by atoms with van der Waals surface area (Å²) in [6.07, 6.45) is 2.48. The van der Waals surface area contributed by atoms with E-state index in [-0.39, 0.29) is 5.91 Å². The van der Waals surface area contributed by atoms with Crippen molar-refractivity contribution >= 4 is 23.2 Å². The van der Waals surface area contributed by atoms with Crippen LogP contribution in [0.25, 0.3) is 0 Å². The zero-order valence-corrected chi connectivity index (χ0v) is 12.2. The third-order valence-corrected chi connectivity index (χ3v) is 4.52. The molecule has 2 unspecified atom stereocenters. The molecule has 5 heteroatoms. The van der Waals surface area contributed by atoms with Crippen molar-refractivity contribution in [1.29, 1.82) is 0 Å². The minimum Gasteiger partial charge on any atom is -0.325 e. The van der Waals surface area contributed by atoms with Crippen molar-refractivity contribution in [3.63, 3.8) is 0 Å². The maximum absolute atomic E-state index is 12.1. The van der Waals surface area contributed by atoms with Gasteiger partial charge in [0.2, 0.25) is 5.91 Å². The Labute approximate surface area is 124 Å². The third-order valence-electron chi connectivity index (χ3n) is 4.27. The molecule has 2 saturated heterocycles. The van der Waals surface area contributed by atoms with E-state index >= 15 is 0 Å². The second-order valence-electron chi connectivity index (χ2n) is 5.65. The normalized spacial score (nSPS) is 26.2. The van der Waals surface area contributed by atoms with Gasteiger partial charge in [0, 0.05) is 23.3 Å². The molecular weight excluding hydrogens is 274 g/mol. The molecule has 1 aromatic carbocycles. The smallest absolute Gasteiger partial charge is 0.238 e. The van der Waals surface area contributed by atoms with E-state index in [1.54, 1.807) is 12.1 Å². The molecule has 0 aromatic heterocycles. The molecule has 2 fully saturated rings. The number of amides is 1. The summed E-state index contributed by atoms with van der Waals surface area (Å²) >= 11 is 5.84. The van der Waals surface area contributed by atoms with Gasteiger partial charge in [0.25, 0.3) is 0 Å². The van der Waals surface area contributed by atoms with Gasteiger partial charge in [0.05, 0.1) is 6.54 Å². The van der Waals surface area contributed by atoms with Crippen LogP contribution in [0.1, 0.15) is 12.8 Å². The van der Waals surface area contributed by atoms with Gasteiger partial charge in [0.15, 0.2) is 0 Å². The molecule has 4 nitrogen and oxygen atoms in total. The van der Waals surface area contributed by atoms with Crippen LogP contribution in [0.2, 0.25) is 5.02 Å².